The van der Waals surface area contributed by atoms with E-state index in [-0.39, 0.29) is 11.8 Å². The molecule has 2 heterocycles. The van der Waals surface area contributed by atoms with Gasteiger partial charge in [-0.25, -0.2) is 4.98 Å². The molecule has 0 bridgehead atoms. The van der Waals surface area contributed by atoms with Gasteiger partial charge in [0.05, 0.1) is 15.7 Å². The van der Waals surface area contributed by atoms with Crippen LogP contribution in [0.4, 0.5) is 0 Å². The fourth-order valence-electron chi connectivity index (χ4n) is 4.07. The number of carbonyl (C=O) groups is 2. The van der Waals surface area contributed by atoms with Gasteiger partial charge < -0.3 is 14.9 Å². The molecule has 1 aliphatic heterocycles. The average Bonchev–Trinajstić information content (AvgIpc) is 3.34. The van der Waals surface area contributed by atoms with Gasteiger partial charge in [0.1, 0.15) is 5.60 Å². The van der Waals surface area contributed by atoms with Crippen LogP contribution < -0.4 is 0 Å². The highest BCUT2D eigenvalue weighted by Crippen LogP contribution is 2.37. The third kappa shape index (κ3) is 3.38. The van der Waals surface area contributed by atoms with Crippen LogP contribution in [0.15, 0.2) is 41.9 Å². The first-order valence-corrected chi connectivity index (χ1v) is 11.1. The predicted octanol–water partition coefficient (Wildman–Crippen LogP) is 3.08. The Balaban J connectivity index is 1.29. The van der Waals surface area contributed by atoms with E-state index in [2.05, 4.69) is 17.1 Å². The number of aryl methyl sites for hydroxylation is 1. The largest absolute Gasteiger partial charge is 0.380 e. The molecule has 3 aromatic rings. The average molecular weight is 422 g/mol. The first-order valence-electron chi connectivity index (χ1n) is 10.2. The molecule has 0 atom stereocenters. The van der Waals surface area contributed by atoms with Crippen LogP contribution in [0.5, 0.6) is 0 Å². The Morgan fingerprint density at radius 1 is 1.03 bits per heavy atom. The van der Waals surface area contributed by atoms with E-state index in [1.807, 2.05) is 36.7 Å². The zero-order valence-corrected chi connectivity index (χ0v) is 17.6. The molecule has 2 aliphatic rings. The zero-order valence-electron chi connectivity index (χ0n) is 16.8. The summed E-state index contributed by atoms with van der Waals surface area (Å²) in [7, 11) is 0. The minimum atomic E-state index is -1.14. The number of hydrogen-bond acceptors (Lipinski definition) is 5. The van der Waals surface area contributed by atoms with Gasteiger partial charge in [-0.05, 0) is 60.7 Å². The second-order valence-electron chi connectivity index (χ2n) is 8.18. The van der Waals surface area contributed by atoms with Gasteiger partial charge >= 0.3 is 0 Å². The van der Waals surface area contributed by atoms with E-state index in [9.17, 15) is 14.7 Å². The Labute approximate surface area is 178 Å². The van der Waals surface area contributed by atoms with E-state index in [0.717, 1.165) is 26.9 Å². The molecule has 2 aromatic carbocycles. The number of thiazole rings is 1. The summed E-state index contributed by atoms with van der Waals surface area (Å²) in [4.78, 5) is 33.1. The summed E-state index contributed by atoms with van der Waals surface area (Å²) in [5.74, 6) is -0.201. The highest BCUT2D eigenvalue weighted by atomic mass is 32.1. The van der Waals surface area contributed by atoms with Gasteiger partial charge in [0.2, 0.25) is 0 Å². The van der Waals surface area contributed by atoms with Crippen molar-refractivity contribution in [3.63, 3.8) is 0 Å². The van der Waals surface area contributed by atoms with E-state index >= 15 is 0 Å². The molecule has 1 aliphatic carbocycles. The van der Waals surface area contributed by atoms with E-state index in [0.29, 0.717) is 44.6 Å². The molecule has 0 radical (unpaired) electrons. The lowest BCUT2D eigenvalue weighted by molar-refractivity contribution is -0.143. The van der Waals surface area contributed by atoms with E-state index in [1.165, 1.54) is 0 Å². The molecule has 2 amide bonds. The monoisotopic (exact) mass is 421 g/mol. The molecule has 7 heteroatoms. The topological polar surface area (TPSA) is 73.7 Å². The fourth-order valence-corrected chi connectivity index (χ4v) is 4.78. The van der Waals surface area contributed by atoms with Crippen LogP contribution in [0, 0.1) is 6.92 Å². The first-order chi connectivity index (χ1) is 14.4. The Kier molecular flexibility index (Phi) is 4.60. The molecule has 1 saturated heterocycles. The van der Waals surface area contributed by atoms with E-state index in [1.54, 1.807) is 21.1 Å². The molecule has 6 nitrogen and oxygen atoms in total. The highest BCUT2D eigenvalue weighted by molar-refractivity contribution is 7.16. The van der Waals surface area contributed by atoms with E-state index < -0.39 is 5.60 Å². The quantitative estimate of drug-likeness (QED) is 0.705. The molecular formula is C23H23N3O3S. The minimum Gasteiger partial charge on any atom is -0.380 e. The third-order valence-electron chi connectivity index (χ3n) is 6.09. The van der Waals surface area contributed by atoms with Crippen molar-refractivity contribution in [2.75, 3.05) is 26.2 Å². The normalized spacial score (nSPS) is 17.9. The number of rotatable bonds is 3. The number of aromatic nitrogens is 1. The molecule has 0 spiro atoms. The summed E-state index contributed by atoms with van der Waals surface area (Å²) in [6.45, 7) is 3.94. The molecule has 1 N–H and O–H groups in total. The Morgan fingerprint density at radius 3 is 2.47 bits per heavy atom. The van der Waals surface area contributed by atoms with Crippen molar-refractivity contribution >= 4 is 33.4 Å². The SMILES string of the molecule is Cc1cc(C(=O)N2CCN(C(=O)C3(O)CC3)CC2)ccc1-c1ccc2ncsc2c1. The molecule has 0 unspecified atom stereocenters. The van der Waals surface area contributed by atoms with Gasteiger partial charge in [-0.2, -0.15) is 0 Å². The van der Waals surface area contributed by atoms with Crippen molar-refractivity contribution in [1.82, 2.24) is 14.8 Å². The number of carbonyl (C=O) groups excluding carboxylic acids is 2. The van der Waals surface area contributed by atoms with Crippen molar-refractivity contribution in [1.29, 1.82) is 0 Å². The van der Waals surface area contributed by atoms with Crippen LogP contribution in [-0.2, 0) is 4.79 Å². The number of fused-ring (bicyclic) bond motifs is 1. The second kappa shape index (κ2) is 7.18. The van der Waals surface area contributed by atoms with Gasteiger partial charge in [-0.1, -0.05) is 12.1 Å². The highest BCUT2D eigenvalue weighted by Gasteiger charge is 2.50. The van der Waals surface area contributed by atoms with Crippen LogP contribution >= 0.6 is 11.3 Å². The van der Waals surface area contributed by atoms with Gasteiger partial charge in [0.15, 0.2) is 0 Å². The molecular weight excluding hydrogens is 398 g/mol. The van der Waals surface area contributed by atoms with E-state index in [4.69, 9.17) is 0 Å². The van der Waals surface area contributed by atoms with Gasteiger partial charge in [0.25, 0.3) is 11.8 Å². The number of piperazine rings is 1. The van der Waals surface area contributed by atoms with Gasteiger partial charge in [-0.15, -0.1) is 11.3 Å². The number of benzene rings is 2. The summed E-state index contributed by atoms with van der Waals surface area (Å²) < 4.78 is 1.15. The summed E-state index contributed by atoms with van der Waals surface area (Å²) in [5.41, 5.74) is 5.65. The van der Waals surface area contributed by atoms with Crippen molar-refractivity contribution in [3.05, 3.63) is 53.0 Å². The fraction of sp³-hybridized carbons (Fsp3) is 0.348. The lowest BCUT2D eigenvalue weighted by Crippen LogP contribution is -2.53. The maximum atomic E-state index is 13.0. The molecule has 1 aromatic heterocycles. The van der Waals surface area contributed by atoms with Crippen LogP contribution in [0.25, 0.3) is 21.3 Å². The van der Waals surface area contributed by atoms with Crippen molar-refractivity contribution in [2.24, 2.45) is 0 Å². The summed E-state index contributed by atoms with van der Waals surface area (Å²) in [6.07, 6.45) is 1.10. The number of nitrogens with zero attached hydrogens (tertiary/aromatic N) is 3. The van der Waals surface area contributed by atoms with Crippen LogP contribution in [0.3, 0.4) is 0 Å². The van der Waals surface area contributed by atoms with Crippen molar-refractivity contribution < 1.29 is 14.7 Å². The molecule has 2 fully saturated rings. The maximum Gasteiger partial charge on any atom is 0.254 e. The van der Waals surface area contributed by atoms with Crippen molar-refractivity contribution in [3.8, 4) is 11.1 Å². The number of hydrogen-bond donors (Lipinski definition) is 1. The molecule has 154 valence electrons. The third-order valence-corrected chi connectivity index (χ3v) is 6.88. The molecule has 5 rings (SSSR count). The maximum absolute atomic E-state index is 13.0. The smallest absolute Gasteiger partial charge is 0.254 e. The predicted molar refractivity (Wildman–Crippen MR) is 116 cm³/mol. The molecule has 30 heavy (non-hydrogen) atoms. The minimum absolute atomic E-state index is 0.0141. The lowest BCUT2D eigenvalue weighted by atomic mass is 9.98. The van der Waals surface area contributed by atoms with Crippen LogP contribution in [0.2, 0.25) is 0 Å². The standard InChI is InChI=1S/C23H23N3O3S/c1-15-12-17(2-4-18(15)16-3-5-19-20(13-16)30-14-24-19)21(27)25-8-10-26(11-9-25)22(28)23(29)6-7-23/h2-5,12-14,29H,6-11H2,1H3. The van der Waals surface area contributed by atoms with Crippen LogP contribution in [0.1, 0.15) is 28.8 Å². The van der Waals surface area contributed by atoms with Crippen LogP contribution in [-0.4, -0.2) is 63.5 Å². The van der Waals surface area contributed by atoms with Gasteiger partial charge in [-0.3, -0.25) is 9.59 Å². The summed E-state index contributed by atoms with van der Waals surface area (Å²) >= 11 is 1.62. The Bertz CT molecular complexity index is 1140. The number of aliphatic hydroxyl groups is 1. The first kappa shape index (κ1) is 19.2. The Hall–Kier alpha value is -2.77. The number of amides is 2. The summed E-state index contributed by atoms with van der Waals surface area (Å²) in [5, 5.41) is 10.0. The second-order valence-corrected chi connectivity index (χ2v) is 9.07. The van der Waals surface area contributed by atoms with Gasteiger partial charge in [0, 0.05) is 31.7 Å². The van der Waals surface area contributed by atoms with Crippen molar-refractivity contribution in [2.45, 2.75) is 25.4 Å². The Morgan fingerprint density at radius 2 is 1.77 bits per heavy atom. The zero-order chi connectivity index (χ0) is 20.9. The lowest BCUT2D eigenvalue weighted by Gasteiger charge is -2.35. The summed E-state index contributed by atoms with van der Waals surface area (Å²) in [6, 6.07) is 12.1. The molecule has 1 saturated carbocycles.